The maximum atomic E-state index is 9.89. The van der Waals surface area contributed by atoms with E-state index in [-0.39, 0.29) is 6.04 Å². The molecular formula is C15H25NO2. The zero-order valence-corrected chi connectivity index (χ0v) is 11.9. The first kappa shape index (κ1) is 14.8. The number of phenols is 1. The van der Waals surface area contributed by atoms with Crippen LogP contribution in [-0.4, -0.2) is 18.3 Å². The molecule has 0 aliphatic rings. The second-order valence-electron chi connectivity index (χ2n) is 4.86. The summed E-state index contributed by atoms with van der Waals surface area (Å²) < 4.78 is 5.19. The molecule has 0 amide bonds. The number of nitrogens with one attached hydrogen (secondary N) is 1. The van der Waals surface area contributed by atoms with Gasteiger partial charge in [0.05, 0.1) is 7.11 Å². The number of benzene rings is 1. The number of ether oxygens (including phenoxy) is 1. The van der Waals surface area contributed by atoms with Crippen molar-refractivity contribution in [3.8, 4) is 11.5 Å². The molecule has 0 saturated carbocycles. The van der Waals surface area contributed by atoms with E-state index < -0.39 is 0 Å². The summed E-state index contributed by atoms with van der Waals surface area (Å²) in [5.41, 5.74) is 0.887. The molecule has 1 rings (SSSR count). The van der Waals surface area contributed by atoms with Crippen LogP contribution in [-0.2, 0) is 0 Å². The van der Waals surface area contributed by atoms with Crippen molar-refractivity contribution in [3.05, 3.63) is 23.8 Å². The first-order valence-corrected chi connectivity index (χ1v) is 6.71. The Balaban J connectivity index is 2.67. The minimum absolute atomic E-state index is 0.118. The summed E-state index contributed by atoms with van der Waals surface area (Å²) >= 11 is 0. The summed E-state index contributed by atoms with van der Waals surface area (Å²) in [5, 5.41) is 13.4. The van der Waals surface area contributed by atoms with Crippen molar-refractivity contribution in [2.24, 2.45) is 0 Å². The van der Waals surface area contributed by atoms with Gasteiger partial charge in [0.15, 0.2) is 0 Å². The molecule has 3 nitrogen and oxygen atoms in total. The monoisotopic (exact) mass is 251 g/mol. The number of unbranched alkanes of at least 4 members (excludes halogenated alkanes) is 1. The lowest BCUT2D eigenvalue weighted by molar-refractivity contribution is 0.400. The second kappa shape index (κ2) is 7.27. The standard InChI is InChI=1S/C15H25NO2/c1-5-6-7-11(2)16-12(3)14-10-13(18-4)8-9-15(14)17/h8-12,16-17H,5-7H2,1-4H3. The number of hydrogen-bond donors (Lipinski definition) is 2. The molecule has 0 aromatic heterocycles. The molecule has 102 valence electrons. The number of hydrogen-bond acceptors (Lipinski definition) is 3. The van der Waals surface area contributed by atoms with Crippen molar-refractivity contribution in [3.63, 3.8) is 0 Å². The van der Waals surface area contributed by atoms with Gasteiger partial charge in [0, 0.05) is 17.6 Å². The quantitative estimate of drug-likeness (QED) is 0.777. The minimum Gasteiger partial charge on any atom is -0.508 e. The maximum absolute atomic E-state index is 9.89. The molecule has 1 aromatic carbocycles. The minimum atomic E-state index is 0.118. The van der Waals surface area contributed by atoms with E-state index in [1.54, 1.807) is 19.2 Å². The van der Waals surface area contributed by atoms with Gasteiger partial charge in [-0.1, -0.05) is 19.8 Å². The van der Waals surface area contributed by atoms with Gasteiger partial charge < -0.3 is 15.2 Å². The first-order chi connectivity index (χ1) is 8.58. The summed E-state index contributed by atoms with van der Waals surface area (Å²) in [6.45, 7) is 6.45. The maximum Gasteiger partial charge on any atom is 0.120 e. The average molecular weight is 251 g/mol. The summed E-state index contributed by atoms with van der Waals surface area (Å²) in [6, 6.07) is 5.91. The van der Waals surface area contributed by atoms with E-state index in [1.807, 2.05) is 6.07 Å². The molecule has 0 aliphatic carbocycles. The van der Waals surface area contributed by atoms with Gasteiger partial charge in [0.1, 0.15) is 11.5 Å². The molecule has 18 heavy (non-hydrogen) atoms. The van der Waals surface area contributed by atoms with Gasteiger partial charge in [0.2, 0.25) is 0 Å². The third-order valence-electron chi connectivity index (χ3n) is 3.23. The van der Waals surface area contributed by atoms with Crippen LogP contribution >= 0.6 is 0 Å². The molecule has 0 fully saturated rings. The normalized spacial score (nSPS) is 14.2. The van der Waals surface area contributed by atoms with Crippen LogP contribution in [0.1, 0.15) is 51.6 Å². The number of phenolic OH excluding ortho intramolecular Hbond substituents is 1. The van der Waals surface area contributed by atoms with Crippen LogP contribution in [0, 0.1) is 0 Å². The lowest BCUT2D eigenvalue weighted by Gasteiger charge is -2.21. The van der Waals surface area contributed by atoms with Crippen LogP contribution in [0.3, 0.4) is 0 Å². The summed E-state index contributed by atoms with van der Waals surface area (Å²) in [6.07, 6.45) is 3.60. The van der Waals surface area contributed by atoms with E-state index in [9.17, 15) is 5.11 Å². The SMILES string of the molecule is CCCCC(C)NC(C)c1cc(OC)ccc1O. The van der Waals surface area contributed by atoms with Crippen molar-refractivity contribution < 1.29 is 9.84 Å². The second-order valence-corrected chi connectivity index (χ2v) is 4.86. The Labute approximate surface area is 110 Å². The van der Waals surface area contributed by atoms with Crippen molar-refractivity contribution in [1.82, 2.24) is 5.32 Å². The Morgan fingerprint density at radius 2 is 2.06 bits per heavy atom. The van der Waals surface area contributed by atoms with Crippen LogP contribution in [0.2, 0.25) is 0 Å². The molecule has 2 atom stereocenters. The van der Waals surface area contributed by atoms with E-state index in [0.29, 0.717) is 11.8 Å². The van der Waals surface area contributed by atoms with Gasteiger partial charge >= 0.3 is 0 Å². The van der Waals surface area contributed by atoms with Gasteiger partial charge in [-0.05, 0) is 38.5 Å². The Hall–Kier alpha value is -1.22. The van der Waals surface area contributed by atoms with Crippen molar-refractivity contribution in [2.75, 3.05) is 7.11 Å². The Bertz CT molecular complexity index is 366. The van der Waals surface area contributed by atoms with E-state index in [0.717, 1.165) is 17.7 Å². The topological polar surface area (TPSA) is 41.5 Å². The predicted octanol–water partition coefficient (Wildman–Crippen LogP) is 3.63. The molecule has 0 saturated heterocycles. The van der Waals surface area contributed by atoms with Gasteiger partial charge in [-0.3, -0.25) is 0 Å². The van der Waals surface area contributed by atoms with Crippen LogP contribution in [0.4, 0.5) is 0 Å². The number of methoxy groups -OCH3 is 1. The van der Waals surface area contributed by atoms with Crippen LogP contribution in [0.25, 0.3) is 0 Å². The van der Waals surface area contributed by atoms with Gasteiger partial charge in [-0.25, -0.2) is 0 Å². The fraction of sp³-hybridized carbons (Fsp3) is 0.600. The van der Waals surface area contributed by atoms with Crippen molar-refractivity contribution in [1.29, 1.82) is 0 Å². The summed E-state index contributed by atoms with van der Waals surface area (Å²) in [7, 11) is 1.64. The summed E-state index contributed by atoms with van der Waals surface area (Å²) in [5.74, 6) is 1.09. The van der Waals surface area contributed by atoms with Crippen molar-refractivity contribution >= 4 is 0 Å². The summed E-state index contributed by atoms with van der Waals surface area (Å²) in [4.78, 5) is 0. The Morgan fingerprint density at radius 1 is 1.33 bits per heavy atom. The van der Waals surface area contributed by atoms with Crippen LogP contribution in [0.5, 0.6) is 11.5 Å². The molecule has 3 heteroatoms. The molecular weight excluding hydrogens is 226 g/mol. The Kier molecular flexibility index (Phi) is 5.99. The highest BCUT2D eigenvalue weighted by Crippen LogP contribution is 2.28. The molecule has 0 radical (unpaired) electrons. The third-order valence-corrected chi connectivity index (χ3v) is 3.23. The van der Waals surface area contributed by atoms with E-state index in [2.05, 4.69) is 26.1 Å². The largest absolute Gasteiger partial charge is 0.508 e. The highest BCUT2D eigenvalue weighted by atomic mass is 16.5. The van der Waals surface area contributed by atoms with Crippen molar-refractivity contribution in [2.45, 2.75) is 52.1 Å². The fourth-order valence-electron chi connectivity index (χ4n) is 2.12. The molecule has 1 aromatic rings. The van der Waals surface area contributed by atoms with E-state index >= 15 is 0 Å². The number of rotatable bonds is 7. The predicted molar refractivity (Wildman–Crippen MR) is 75.2 cm³/mol. The van der Waals surface area contributed by atoms with Crippen LogP contribution < -0.4 is 10.1 Å². The highest BCUT2D eigenvalue weighted by molar-refractivity contribution is 5.41. The molecule has 0 bridgehead atoms. The van der Waals surface area contributed by atoms with Crippen LogP contribution in [0.15, 0.2) is 18.2 Å². The van der Waals surface area contributed by atoms with Gasteiger partial charge in [-0.15, -0.1) is 0 Å². The first-order valence-electron chi connectivity index (χ1n) is 6.71. The molecule has 2 unspecified atom stereocenters. The molecule has 2 N–H and O–H groups in total. The van der Waals surface area contributed by atoms with E-state index in [1.165, 1.54) is 12.8 Å². The lowest BCUT2D eigenvalue weighted by Crippen LogP contribution is -2.28. The Morgan fingerprint density at radius 3 is 2.67 bits per heavy atom. The molecule has 0 heterocycles. The highest BCUT2D eigenvalue weighted by Gasteiger charge is 2.13. The van der Waals surface area contributed by atoms with E-state index in [4.69, 9.17) is 4.74 Å². The van der Waals surface area contributed by atoms with Gasteiger partial charge in [-0.2, -0.15) is 0 Å². The fourth-order valence-corrected chi connectivity index (χ4v) is 2.12. The molecule has 0 aliphatic heterocycles. The van der Waals surface area contributed by atoms with Gasteiger partial charge in [0.25, 0.3) is 0 Å². The zero-order valence-electron chi connectivity index (χ0n) is 11.9. The average Bonchev–Trinajstić information content (AvgIpc) is 2.36. The lowest BCUT2D eigenvalue weighted by atomic mass is 10.0. The number of aromatic hydroxyl groups is 1. The third kappa shape index (κ3) is 4.22. The smallest absolute Gasteiger partial charge is 0.120 e. The molecule has 0 spiro atoms. The zero-order chi connectivity index (χ0) is 13.5.